The molecule has 14 heavy (non-hydrogen) atoms. The summed E-state index contributed by atoms with van der Waals surface area (Å²) < 4.78 is 0. The van der Waals surface area contributed by atoms with Crippen LogP contribution in [0.2, 0.25) is 0 Å². The SMILES string of the molecule is O=[N+]([O-])c1cnc(N[C@@H]2C[C@H]2CO)s1. The summed E-state index contributed by atoms with van der Waals surface area (Å²) >= 11 is 1.02. The van der Waals surface area contributed by atoms with E-state index in [1.54, 1.807) is 0 Å². The molecular weight excluding hydrogens is 206 g/mol. The van der Waals surface area contributed by atoms with Crippen molar-refractivity contribution in [2.24, 2.45) is 5.92 Å². The maximum absolute atomic E-state index is 10.3. The van der Waals surface area contributed by atoms with E-state index in [0.29, 0.717) is 5.13 Å². The molecule has 1 aromatic heterocycles. The minimum Gasteiger partial charge on any atom is -0.396 e. The highest BCUT2D eigenvalue weighted by Gasteiger charge is 2.37. The number of aliphatic hydroxyl groups is 1. The van der Waals surface area contributed by atoms with Crippen LogP contribution in [-0.4, -0.2) is 27.7 Å². The molecule has 1 heterocycles. The topological polar surface area (TPSA) is 88.3 Å². The molecule has 7 heteroatoms. The van der Waals surface area contributed by atoms with Crippen molar-refractivity contribution in [1.82, 2.24) is 4.98 Å². The number of nitro groups is 1. The molecule has 0 aliphatic heterocycles. The lowest BCUT2D eigenvalue weighted by molar-refractivity contribution is -0.380. The first-order valence-electron chi connectivity index (χ1n) is 4.18. The maximum Gasteiger partial charge on any atom is 0.345 e. The number of hydrogen-bond acceptors (Lipinski definition) is 6. The number of thiazole rings is 1. The third kappa shape index (κ3) is 1.83. The zero-order chi connectivity index (χ0) is 10.1. The van der Waals surface area contributed by atoms with Crippen LogP contribution in [0.5, 0.6) is 0 Å². The standard InChI is InChI=1S/C7H9N3O3S/c11-3-4-1-5(4)9-7-8-2-6(14-7)10(12)13/h2,4-5,11H,1,3H2,(H,8,9)/t4-,5+/m0/s1. The summed E-state index contributed by atoms with van der Waals surface area (Å²) in [6.45, 7) is 0.158. The summed E-state index contributed by atoms with van der Waals surface area (Å²) in [7, 11) is 0. The first-order valence-corrected chi connectivity index (χ1v) is 5.00. The van der Waals surface area contributed by atoms with Crippen LogP contribution >= 0.6 is 11.3 Å². The van der Waals surface area contributed by atoms with E-state index in [1.807, 2.05) is 0 Å². The van der Waals surface area contributed by atoms with Crippen LogP contribution in [0, 0.1) is 16.0 Å². The molecule has 2 rings (SSSR count). The molecule has 6 nitrogen and oxygen atoms in total. The van der Waals surface area contributed by atoms with Gasteiger partial charge < -0.3 is 10.4 Å². The van der Waals surface area contributed by atoms with E-state index in [9.17, 15) is 10.1 Å². The Bertz CT molecular complexity index is 354. The van der Waals surface area contributed by atoms with Crippen molar-refractivity contribution >= 4 is 21.5 Å². The summed E-state index contributed by atoms with van der Waals surface area (Å²) in [5.41, 5.74) is 0. The molecular formula is C7H9N3O3S. The van der Waals surface area contributed by atoms with Gasteiger partial charge in [-0.2, -0.15) is 0 Å². The average Bonchev–Trinajstić information content (AvgIpc) is 2.71. The first-order chi connectivity index (χ1) is 6.70. The van der Waals surface area contributed by atoms with Crippen molar-refractivity contribution in [3.05, 3.63) is 16.3 Å². The molecule has 1 saturated carbocycles. The Morgan fingerprint density at radius 2 is 2.64 bits per heavy atom. The molecule has 0 aromatic carbocycles. The van der Waals surface area contributed by atoms with Crippen molar-refractivity contribution in [1.29, 1.82) is 0 Å². The molecule has 0 unspecified atom stereocenters. The Kier molecular flexibility index (Phi) is 2.34. The van der Waals surface area contributed by atoms with Crippen molar-refractivity contribution in [2.45, 2.75) is 12.5 Å². The minimum absolute atomic E-state index is 0.0358. The van der Waals surface area contributed by atoms with Crippen molar-refractivity contribution in [3.8, 4) is 0 Å². The monoisotopic (exact) mass is 215 g/mol. The van der Waals surface area contributed by atoms with Crippen LogP contribution in [-0.2, 0) is 0 Å². The predicted octanol–water partition coefficient (Wildman–Crippen LogP) is 0.844. The zero-order valence-electron chi connectivity index (χ0n) is 7.21. The van der Waals surface area contributed by atoms with Crippen LogP contribution in [0.15, 0.2) is 6.20 Å². The molecule has 2 N–H and O–H groups in total. The fraction of sp³-hybridized carbons (Fsp3) is 0.571. The second-order valence-electron chi connectivity index (χ2n) is 3.19. The minimum atomic E-state index is -0.459. The van der Waals surface area contributed by atoms with E-state index in [4.69, 9.17) is 5.11 Å². The first kappa shape index (κ1) is 9.35. The molecule has 1 aliphatic rings. The van der Waals surface area contributed by atoms with Gasteiger partial charge in [0.2, 0.25) is 0 Å². The Balaban J connectivity index is 1.94. The van der Waals surface area contributed by atoms with E-state index < -0.39 is 4.92 Å². The Morgan fingerprint density at radius 3 is 3.14 bits per heavy atom. The molecule has 1 fully saturated rings. The molecule has 0 bridgehead atoms. The number of hydrogen-bond donors (Lipinski definition) is 2. The number of anilines is 1. The van der Waals surface area contributed by atoms with Gasteiger partial charge in [0.15, 0.2) is 5.13 Å². The van der Waals surface area contributed by atoms with E-state index in [2.05, 4.69) is 10.3 Å². The highest BCUT2D eigenvalue weighted by molar-refractivity contribution is 7.18. The maximum atomic E-state index is 10.3. The normalized spacial score (nSPS) is 24.6. The lowest BCUT2D eigenvalue weighted by Crippen LogP contribution is -2.05. The van der Waals surface area contributed by atoms with Gasteiger partial charge in [0.05, 0.1) is 4.92 Å². The molecule has 1 aromatic rings. The largest absolute Gasteiger partial charge is 0.396 e. The molecule has 0 radical (unpaired) electrons. The quantitative estimate of drug-likeness (QED) is 0.574. The van der Waals surface area contributed by atoms with Crippen LogP contribution in [0.1, 0.15) is 6.42 Å². The highest BCUT2D eigenvalue weighted by atomic mass is 32.1. The molecule has 0 spiro atoms. The summed E-state index contributed by atoms with van der Waals surface area (Å²) in [6, 6.07) is 0.228. The lowest BCUT2D eigenvalue weighted by atomic mass is 10.4. The van der Waals surface area contributed by atoms with Crippen LogP contribution in [0.25, 0.3) is 0 Å². The van der Waals surface area contributed by atoms with Crippen molar-refractivity contribution in [2.75, 3.05) is 11.9 Å². The fourth-order valence-electron chi connectivity index (χ4n) is 1.20. The summed E-state index contributed by atoms with van der Waals surface area (Å²) in [6.07, 6.45) is 2.15. The van der Waals surface area contributed by atoms with E-state index in [1.165, 1.54) is 6.20 Å². The summed E-state index contributed by atoms with van der Waals surface area (Å²) in [4.78, 5) is 13.8. The van der Waals surface area contributed by atoms with Gasteiger partial charge in [-0.25, -0.2) is 4.98 Å². The highest BCUT2D eigenvalue weighted by Crippen LogP contribution is 2.35. The van der Waals surface area contributed by atoms with Crippen molar-refractivity contribution < 1.29 is 10.0 Å². The van der Waals surface area contributed by atoms with Crippen LogP contribution in [0.3, 0.4) is 0 Å². The number of nitrogens with zero attached hydrogens (tertiary/aromatic N) is 2. The smallest absolute Gasteiger partial charge is 0.345 e. The van der Waals surface area contributed by atoms with Gasteiger partial charge in [0.1, 0.15) is 6.20 Å². The van der Waals surface area contributed by atoms with Gasteiger partial charge in [-0.15, -0.1) is 0 Å². The Labute approximate surface area is 83.7 Å². The van der Waals surface area contributed by atoms with Gasteiger partial charge in [-0.05, 0) is 17.8 Å². The molecule has 2 atom stereocenters. The third-order valence-electron chi connectivity index (χ3n) is 2.14. The Morgan fingerprint density at radius 1 is 1.86 bits per heavy atom. The zero-order valence-corrected chi connectivity index (χ0v) is 8.03. The molecule has 0 amide bonds. The number of aromatic nitrogens is 1. The lowest BCUT2D eigenvalue weighted by Gasteiger charge is -1.97. The molecule has 1 aliphatic carbocycles. The van der Waals surface area contributed by atoms with Gasteiger partial charge in [-0.1, -0.05) is 0 Å². The number of aliphatic hydroxyl groups excluding tert-OH is 1. The second kappa shape index (κ2) is 3.50. The Hall–Kier alpha value is -1.21. The van der Waals surface area contributed by atoms with E-state index >= 15 is 0 Å². The van der Waals surface area contributed by atoms with Gasteiger partial charge >= 0.3 is 5.00 Å². The molecule has 76 valence electrons. The van der Waals surface area contributed by atoms with Crippen LogP contribution in [0.4, 0.5) is 10.1 Å². The van der Waals surface area contributed by atoms with Crippen LogP contribution < -0.4 is 5.32 Å². The number of rotatable bonds is 4. The van der Waals surface area contributed by atoms with E-state index in [-0.39, 0.29) is 23.6 Å². The molecule has 0 saturated heterocycles. The van der Waals surface area contributed by atoms with Gasteiger partial charge in [0.25, 0.3) is 0 Å². The number of nitrogens with one attached hydrogen (secondary N) is 1. The van der Waals surface area contributed by atoms with Gasteiger partial charge in [-0.3, -0.25) is 10.1 Å². The van der Waals surface area contributed by atoms with Gasteiger partial charge in [0, 0.05) is 18.6 Å². The summed E-state index contributed by atoms with van der Waals surface area (Å²) in [5, 5.41) is 22.8. The van der Waals surface area contributed by atoms with E-state index in [0.717, 1.165) is 17.8 Å². The summed E-state index contributed by atoms with van der Waals surface area (Å²) in [5.74, 6) is 0.276. The third-order valence-corrected chi connectivity index (χ3v) is 3.02. The van der Waals surface area contributed by atoms with Crippen molar-refractivity contribution in [3.63, 3.8) is 0 Å². The fourth-order valence-corrected chi connectivity index (χ4v) is 1.90. The second-order valence-corrected chi connectivity index (χ2v) is 4.20. The average molecular weight is 215 g/mol. The predicted molar refractivity (Wildman–Crippen MR) is 51.4 cm³/mol.